The molecule has 150 valence electrons. The van der Waals surface area contributed by atoms with E-state index in [2.05, 4.69) is 13.8 Å². The molecule has 6 atom stereocenters. The highest BCUT2D eigenvalue weighted by Crippen LogP contribution is 2.66. The van der Waals surface area contributed by atoms with Crippen LogP contribution in [-0.2, 0) is 4.79 Å². The SMILES string of the molecule is CC(=O)C1C(N)(N)CC2C3CCCC(C)(CCC(C)(C)O)C3CCC21C. The molecule has 3 fully saturated rings. The van der Waals surface area contributed by atoms with Gasteiger partial charge in [0, 0.05) is 0 Å². The molecule has 0 saturated heterocycles. The van der Waals surface area contributed by atoms with Crippen LogP contribution in [0, 0.1) is 34.5 Å². The zero-order valence-corrected chi connectivity index (χ0v) is 17.5. The first-order chi connectivity index (χ1) is 11.8. The summed E-state index contributed by atoms with van der Waals surface area (Å²) >= 11 is 0. The molecular formula is C22H40N2O2. The number of nitrogens with two attached hydrogens (primary N) is 2. The average molecular weight is 365 g/mol. The van der Waals surface area contributed by atoms with Crippen molar-refractivity contribution >= 4 is 5.78 Å². The van der Waals surface area contributed by atoms with Crippen LogP contribution in [0.1, 0.15) is 86.0 Å². The Balaban J connectivity index is 1.87. The highest BCUT2D eigenvalue weighted by atomic mass is 16.3. The molecule has 0 aromatic rings. The fraction of sp³-hybridized carbons (Fsp3) is 0.955. The Morgan fingerprint density at radius 2 is 1.81 bits per heavy atom. The van der Waals surface area contributed by atoms with Crippen LogP contribution in [0.3, 0.4) is 0 Å². The molecule has 0 spiro atoms. The molecule has 3 saturated carbocycles. The first-order valence-corrected chi connectivity index (χ1v) is 10.6. The number of carbonyl (C=O) groups excluding carboxylic acids is 1. The monoisotopic (exact) mass is 364 g/mol. The van der Waals surface area contributed by atoms with E-state index in [4.69, 9.17) is 11.5 Å². The maximum atomic E-state index is 12.4. The molecule has 4 heteroatoms. The topological polar surface area (TPSA) is 89.3 Å². The molecule has 0 heterocycles. The minimum atomic E-state index is -0.860. The molecule has 0 bridgehead atoms. The summed E-state index contributed by atoms with van der Waals surface area (Å²) in [5, 5.41) is 10.2. The highest BCUT2D eigenvalue weighted by Gasteiger charge is 2.64. The standard InChI is InChI=1S/C22H40N2O2/c1-14(25)18-21(5)10-8-16-15(17(21)13-22(18,23)24)7-6-9-20(16,4)12-11-19(2,3)26/h15-18,26H,6-13,23-24H2,1-5H3. The second-order valence-electron chi connectivity index (χ2n) is 11.1. The molecule has 5 N–H and O–H groups in total. The van der Waals surface area contributed by atoms with Crippen molar-refractivity contribution in [3.63, 3.8) is 0 Å². The van der Waals surface area contributed by atoms with E-state index in [0.29, 0.717) is 17.8 Å². The van der Waals surface area contributed by atoms with E-state index >= 15 is 0 Å². The number of carbonyl (C=O) groups is 1. The summed E-state index contributed by atoms with van der Waals surface area (Å²) in [6.07, 6.45) is 8.65. The summed E-state index contributed by atoms with van der Waals surface area (Å²) in [5.74, 6) is 1.68. The lowest BCUT2D eigenvalue weighted by Gasteiger charge is -2.56. The van der Waals surface area contributed by atoms with Crippen molar-refractivity contribution < 1.29 is 9.90 Å². The second kappa shape index (κ2) is 6.28. The minimum Gasteiger partial charge on any atom is -0.390 e. The van der Waals surface area contributed by atoms with E-state index in [-0.39, 0.29) is 22.5 Å². The van der Waals surface area contributed by atoms with E-state index in [0.717, 1.165) is 25.7 Å². The predicted octanol–water partition coefficient (Wildman–Crippen LogP) is 3.60. The predicted molar refractivity (Wildman–Crippen MR) is 105 cm³/mol. The van der Waals surface area contributed by atoms with Gasteiger partial charge in [-0.3, -0.25) is 4.79 Å². The van der Waals surface area contributed by atoms with Crippen LogP contribution in [0.25, 0.3) is 0 Å². The van der Waals surface area contributed by atoms with E-state index in [1.165, 1.54) is 25.7 Å². The Kier molecular flexibility index (Phi) is 4.90. The lowest BCUT2D eigenvalue weighted by Crippen LogP contribution is -2.57. The normalized spacial score (nSPS) is 45.1. The third kappa shape index (κ3) is 3.27. The van der Waals surface area contributed by atoms with Crippen LogP contribution in [0.5, 0.6) is 0 Å². The quantitative estimate of drug-likeness (QED) is 0.665. The van der Waals surface area contributed by atoms with Gasteiger partial charge >= 0.3 is 0 Å². The molecule has 3 rings (SSSR count). The van der Waals surface area contributed by atoms with Gasteiger partial charge < -0.3 is 16.6 Å². The van der Waals surface area contributed by atoms with Gasteiger partial charge in [-0.25, -0.2) is 0 Å². The van der Waals surface area contributed by atoms with Crippen molar-refractivity contribution in [1.29, 1.82) is 0 Å². The molecule has 0 aromatic carbocycles. The summed E-state index contributed by atoms with van der Waals surface area (Å²) < 4.78 is 0. The smallest absolute Gasteiger partial charge is 0.136 e. The van der Waals surface area contributed by atoms with Crippen molar-refractivity contribution in [1.82, 2.24) is 0 Å². The molecule has 3 aliphatic rings. The van der Waals surface area contributed by atoms with Crippen molar-refractivity contribution in [2.45, 2.75) is 97.2 Å². The molecule has 26 heavy (non-hydrogen) atoms. The fourth-order valence-corrected chi connectivity index (χ4v) is 7.43. The summed E-state index contributed by atoms with van der Waals surface area (Å²) in [5.41, 5.74) is 11.8. The molecule has 0 aliphatic heterocycles. The zero-order chi connectivity index (χ0) is 19.5. The number of fused-ring (bicyclic) bond motifs is 3. The molecular weight excluding hydrogens is 324 g/mol. The van der Waals surface area contributed by atoms with E-state index in [1.807, 2.05) is 13.8 Å². The minimum absolute atomic E-state index is 0.0506. The molecule has 6 unspecified atom stereocenters. The number of ketones is 1. The van der Waals surface area contributed by atoms with Gasteiger partial charge in [-0.1, -0.05) is 20.3 Å². The maximum Gasteiger partial charge on any atom is 0.136 e. The van der Waals surface area contributed by atoms with Gasteiger partial charge in [0.2, 0.25) is 0 Å². The third-order valence-corrected chi connectivity index (χ3v) is 8.54. The summed E-state index contributed by atoms with van der Waals surface area (Å²) in [4.78, 5) is 12.4. The zero-order valence-electron chi connectivity index (χ0n) is 17.5. The Hall–Kier alpha value is -0.450. The van der Waals surface area contributed by atoms with Crippen molar-refractivity contribution in [3.8, 4) is 0 Å². The lowest BCUT2D eigenvalue weighted by molar-refractivity contribution is -0.130. The lowest BCUT2D eigenvalue weighted by atomic mass is 9.48. The van der Waals surface area contributed by atoms with Crippen LogP contribution in [0.4, 0.5) is 0 Å². The summed E-state index contributed by atoms with van der Waals surface area (Å²) in [6.45, 7) is 10.2. The van der Waals surface area contributed by atoms with E-state index in [9.17, 15) is 9.90 Å². The third-order valence-electron chi connectivity index (χ3n) is 8.54. The number of rotatable bonds is 4. The van der Waals surface area contributed by atoms with Gasteiger partial charge in [0.05, 0.1) is 17.2 Å². The average Bonchev–Trinajstić information content (AvgIpc) is 2.70. The molecule has 4 nitrogen and oxygen atoms in total. The Labute approximate surface area is 159 Å². The van der Waals surface area contributed by atoms with Gasteiger partial charge in [0.15, 0.2) is 0 Å². The van der Waals surface area contributed by atoms with Crippen molar-refractivity contribution in [3.05, 3.63) is 0 Å². The van der Waals surface area contributed by atoms with Gasteiger partial charge in [-0.2, -0.15) is 0 Å². The van der Waals surface area contributed by atoms with Crippen LogP contribution in [0.2, 0.25) is 0 Å². The van der Waals surface area contributed by atoms with Crippen LogP contribution >= 0.6 is 0 Å². The molecule has 3 aliphatic carbocycles. The van der Waals surface area contributed by atoms with Crippen LogP contribution < -0.4 is 11.5 Å². The first-order valence-electron chi connectivity index (χ1n) is 10.6. The Morgan fingerprint density at radius 3 is 2.38 bits per heavy atom. The van der Waals surface area contributed by atoms with Gasteiger partial charge in [-0.05, 0) is 94.3 Å². The summed E-state index contributed by atoms with van der Waals surface area (Å²) in [6, 6.07) is 0. The number of aliphatic hydroxyl groups is 1. The van der Waals surface area contributed by atoms with E-state index < -0.39 is 11.3 Å². The van der Waals surface area contributed by atoms with Gasteiger partial charge in [0.25, 0.3) is 0 Å². The number of hydrogen-bond acceptors (Lipinski definition) is 4. The largest absolute Gasteiger partial charge is 0.390 e. The Morgan fingerprint density at radius 1 is 1.15 bits per heavy atom. The van der Waals surface area contributed by atoms with Crippen molar-refractivity contribution in [2.75, 3.05) is 0 Å². The molecule has 0 radical (unpaired) electrons. The van der Waals surface area contributed by atoms with Crippen molar-refractivity contribution in [2.24, 2.45) is 46.0 Å². The van der Waals surface area contributed by atoms with Gasteiger partial charge in [-0.15, -0.1) is 0 Å². The van der Waals surface area contributed by atoms with Gasteiger partial charge in [0.1, 0.15) is 5.78 Å². The van der Waals surface area contributed by atoms with E-state index in [1.54, 1.807) is 6.92 Å². The number of hydrogen-bond donors (Lipinski definition) is 3. The second-order valence-corrected chi connectivity index (χ2v) is 11.1. The summed E-state index contributed by atoms with van der Waals surface area (Å²) in [7, 11) is 0. The fourth-order valence-electron chi connectivity index (χ4n) is 7.43. The highest BCUT2D eigenvalue weighted by molar-refractivity contribution is 5.81. The number of Topliss-reactive ketones (excluding diaryl/α,β-unsaturated/α-hetero) is 1. The van der Waals surface area contributed by atoms with Crippen LogP contribution in [-0.4, -0.2) is 22.2 Å². The Bertz CT molecular complexity index is 567. The first kappa shape index (κ1) is 20.3. The maximum absolute atomic E-state index is 12.4. The molecule has 0 amide bonds. The van der Waals surface area contributed by atoms with Crippen LogP contribution in [0.15, 0.2) is 0 Å². The molecule has 0 aromatic heterocycles.